The van der Waals surface area contributed by atoms with Gasteiger partial charge in [-0.2, -0.15) is 0 Å². The van der Waals surface area contributed by atoms with Crippen LogP contribution in [0.3, 0.4) is 0 Å². The molecule has 1 aromatic rings. The summed E-state index contributed by atoms with van der Waals surface area (Å²) in [7, 11) is 6.17. The zero-order valence-corrected chi connectivity index (χ0v) is 15.8. The SMILES string of the molecule is C=C(O)CCCN(C)c1ccc2nc3ccc(=[N+](C)C)cc-3sc2c1. The minimum atomic E-state index is 0.251. The average molecular weight is 354 g/mol. The van der Waals surface area contributed by atoms with E-state index in [4.69, 9.17) is 4.98 Å². The molecule has 0 amide bonds. The van der Waals surface area contributed by atoms with Gasteiger partial charge in [-0.3, -0.25) is 0 Å². The van der Waals surface area contributed by atoms with E-state index in [-0.39, 0.29) is 5.76 Å². The number of hydrogen-bond donors (Lipinski definition) is 1. The first-order chi connectivity index (χ1) is 11.9. The molecule has 5 heteroatoms. The lowest BCUT2D eigenvalue weighted by Gasteiger charge is -2.19. The summed E-state index contributed by atoms with van der Waals surface area (Å²) in [5.41, 5.74) is 3.22. The molecule has 0 fully saturated rings. The molecule has 3 rings (SSSR count). The smallest absolute Gasteiger partial charge is 0.201 e. The van der Waals surface area contributed by atoms with Gasteiger partial charge >= 0.3 is 0 Å². The molecule has 2 aliphatic rings. The third kappa shape index (κ3) is 3.99. The number of benzene rings is 2. The van der Waals surface area contributed by atoms with Crippen molar-refractivity contribution in [3.05, 3.63) is 54.1 Å². The van der Waals surface area contributed by atoms with Gasteiger partial charge in [-0.05, 0) is 30.7 Å². The molecule has 0 saturated heterocycles. The lowest BCUT2D eigenvalue weighted by Crippen LogP contribution is -2.21. The summed E-state index contributed by atoms with van der Waals surface area (Å²) in [5, 5.41) is 10.4. The van der Waals surface area contributed by atoms with Crippen LogP contribution in [0.15, 0.2) is 48.7 Å². The van der Waals surface area contributed by atoms with Crippen LogP contribution in [0.5, 0.6) is 0 Å². The Morgan fingerprint density at radius 3 is 2.76 bits per heavy atom. The van der Waals surface area contributed by atoms with Gasteiger partial charge in [-0.25, -0.2) is 9.56 Å². The van der Waals surface area contributed by atoms with E-state index in [0.29, 0.717) is 6.42 Å². The number of aromatic nitrogens is 1. The molecule has 0 unspecified atom stereocenters. The molecule has 1 aliphatic heterocycles. The molecule has 0 aromatic heterocycles. The molecular weight excluding hydrogens is 330 g/mol. The summed E-state index contributed by atoms with van der Waals surface area (Å²) in [4.78, 5) is 8.19. The highest BCUT2D eigenvalue weighted by atomic mass is 32.1. The van der Waals surface area contributed by atoms with E-state index in [2.05, 4.69) is 73.6 Å². The second-order valence-electron chi connectivity index (χ2n) is 6.50. The van der Waals surface area contributed by atoms with Gasteiger partial charge in [0.15, 0.2) is 0 Å². The molecular formula is C20H24N3OS+. The van der Waals surface area contributed by atoms with Crippen LogP contribution < -0.4 is 14.8 Å². The molecule has 0 saturated carbocycles. The monoisotopic (exact) mass is 354 g/mol. The molecule has 0 radical (unpaired) electrons. The largest absolute Gasteiger partial charge is 0.513 e. The Labute approximate surface area is 152 Å². The number of rotatable bonds is 5. The third-order valence-electron chi connectivity index (χ3n) is 4.26. The summed E-state index contributed by atoms with van der Waals surface area (Å²) in [6, 6.07) is 12.8. The molecule has 4 nitrogen and oxygen atoms in total. The number of hydrogen-bond acceptors (Lipinski definition) is 4. The Balaban J connectivity index is 1.96. The van der Waals surface area contributed by atoms with Crippen LogP contribution in [0.2, 0.25) is 0 Å². The van der Waals surface area contributed by atoms with E-state index in [9.17, 15) is 5.11 Å². The standard InChI is InChI=1S/C20H23N3OS/c1-14(24)6-5-11-23(4)16-8-10-18-20(13-16)25-19-12-15(22(2)3)7-9-17(19)21-18/h7-10,12-13H,1,5-6,11H2,2-4H3/p+1. The van der Waals surface area contributed by atoms with Crippen molar-refractivity contribution in [1.82, 2.24) is 9.56 Å². The molecule has 0 atom stereocenters. The summed E-state index contributed by atoms with van der Waals surface area (Å²) in [6.45, 7) is 4.42. The van der Waals surface area contributed by atoms with Crippen molar-refractivity contribution in [2.75, 3.05) is 32.6 Å². The number of fused-ring (bicyclic) bond motifs is 2. The Morgan fingerprint density at radius 2 is 2.04 bits per heavy atom. The fourth-order valence-electron chi connectivity index (χ4n) is 2.77. The van der Waals surface area contributed by atoms with Crippen molar-refractivity contribution in [3.63, 3.8) is 0 Å². The van der Waals surface area contributed by atoms with Gasteiger partial charge in [0.05, 0.1) is 26.5 Å². The highest BCUT2D eigenvalue weighted by molar-refractivity contribution is 7.21. The van der Waals surface area contributed by atoms with Crippen molar-refractivity contribution in [2.24, 2.45) is 0 Å². The number of aliphatic hydroxyl groups excluding tert-OH is 1. The van der Waals surface area contributed by atoms with Crippen LogP contribution in [0, 0.1) is 0 Å². The minimum Gasteiger partial charge on any atom is -0.513 e. The molecule has 1 aromatic carbocycles. The van der Waals surface area contributed by atoms with E-state index < -0.39 is 0 Å². The van der Waals surface area contributed by atoms with Crippen LogP contribution in [0.1, 0.15) is 12.8 Å². The fraction of sp³-hybridized carbons (Fsp3) is 0.300. The van der Waals surface area contributed by atoms with E-state index in [0.717, 1.165) is 29.9 Å². The van der Waals surface area contributed by atoms with Crippen molar-refractivity contribution < 1.29 is 5.11 Å². The normalized spacial score (nSPS) is 11.0. The highest BCUT2D eigenvalue weighted by Crippen LogP contribution is 2.31. The molecule has 130 valence electrons. The van der Waals surface area contributed by atoms with Gasteiger partial charge in [-0.1, -0.05) is 6.58 Å². The van der Waals surface area contributed by atoms with E-state index in [1.807, 2.05) is 0 Å². The number of anilines is 1. The summed E-state index contributed by atoms with van der Waals surface area (Å²) in [6.07, 6.45) is 1.52. The summed E-state index contributed by atoms with van der Waals surface area (Å²) in [5.74, 6) is 0.251. The van der Waals surface area contributed by atoms with Crippen LogP contribution >= 0.6 is 11.3 Å². The van der Waals surface area contributed by atoms with Gasteiger partial charge in [0, 0.05) is 37.8 Å². The zero-order chi connectivity index (χ0) is 18.0. The minimum absolute atomic E-state index is 0.251. The number of aliphatic hydroxyl groups is 1. The van der Waals surface area contributed by atoms with Crippen LogP contribution in [-0.4, -0.2) is 37.8 Å². The quantitative estimate of drug-likeness (QED) is 0.431. The average Bonchev–Trinajstić information content (AvgIpc) is 2.58. The van der Waals surface area contributed by atoms with E-state index >= 15 is 0 Å². The van der Waals surface area contributed by atoms with E-state index in [1.165, 1.54) is 14.9 Å². The second kappa shape index (κ2) is 7.23. The van der Waals surface area contributed by atoms with Crippen LogP contribution in [0.4, 0.5) is 5.69 Å². The van der Waals surface area contributed by atoms with Gasteiger partial charge in [-0.15, -0.1) is 11.3 Å². The first kappa shape index (κ1) is 17.4. The first-order valence-electron chi connectivity index (χ1n) is 8.37. The van der Waals surface area contributed by atoms with Crippen molar-refractivity contribution in [2.45, 2.75) is 12.8 Å². The fourth-order valence-corrected chi connectivity index (χ4v) is 3.80. The number of nitrogens with zero attached hydrogens (tertiary/aromatic N) is 3. The lowest BCUT2D eigenvalue weighted by atomic mass is 10.2. The van der Waals surface area contributed by atoms with Crippen LogP contribution in [-0.2, 0) is 0 Å². The Bertz CT molecular complexity index is 957. The lowest BCUT2D eigenvalue weighted by molar-refractivity contribution is 0.387. The second-order valence-corrected chi connectivity index (χ2v) is 7.59. The van der Waals surface area contributed by atoms with Gasteiger partial charge < -0.3 is 10.0 Å². The van der Waals surface area contributed by atoms with Gasteiger partial charge in [0.2, 0.25) is 5.36 Å². The predicted octanol–water partition coefficient (Wildman–Crippen LogP) is 3.72. The topological polar surface area (TPSA) is 39.4 Å². The molecule has 1 heterocycles. The first-order valence-corrected chi connectivity index (χ1v) is 9.18. The molecule has 0 bridgehead atoms. The number of allylic oxidation sites excluding steroid dienone is 1. The summed E-state index contributed by atoms with van der Waals surface area (Å²) < 4.78 is 3.29. The van der Waals surface area contributed by atoms with E-state index in [1.54, 1.807) is 11.3 Å². The highest BCUT2D eigenvalue weighted by Gasteiger charge is 2.10. The Morgan fingerprint density at radius 1 is 1.24 bits per heavy atom. The van der Waals surface area contributed by atoms with Gasteiger partial charge in [0.25, 0.3) is 0 Å². The van der Waals surface area contributed by atoms with Crippen molar-refractivity contribution in [1.29, 1.82) is 0 Å². The molecule has 1 N–H and O–H groups in total. The maximum atomic E-state index is 9.22. The third-order valence-corrected chi connectivity index (χ3v) is 5.36. The predicted molar refractivity (Wildman–Crippen MR) is 108 cm³/mol. The van der Waals surface area contributed by atoms with Crippen molar-refractivity contribution in [3.8, 4) is 10.6 Å². The maximum absolute atomic E-state index is 9.22. The maximum Gasteiger partial charge on any atom is 0.201 e. The van der Waals surface area contributed by atoms with Gasteiger partial charge in [0.1, 0.15) is 14.1 Å². The molecule has 0 spiro atoms. The Hall–Kier alpha value is -2.40. The van der Waals surface area contributed by atoms with Crippen LogP contribution in [0.25, 0.3) is 20.8 Å². The van der Waals surface area contributed by atoms with Crippen molar-refractivity contribution >= 4 is 27.2 Å². The molecule has 25 heavy (non-hydrogen) atoms. The Kier molecular flexibility index (Phi) is 5.04. The zero-order valence-electron chi connectivity index (χ0n) is 15.0. The summed E-state index contributed by atoms with van der Waals surface area (Å²) >= 11 is 1.77. The molecule has 1 aliphatic carbocycles.